The van der Waals surface area contributed by atoms with Gasteiger partial charge in [0.05, 0.1) is 0 Å². The van der Waals surface area contributed by atoms with Gasteiger partial charge in [0.2, 0.25) is 0 Å². The summed E-state index contributed by atoms with van der Waals surface area (Å²) in [5.74, 6) is 0. The van der Waals surface area contributed by atoms with Crippen LogP contribution in [0.1, 0.15) is 5.56 Å². The van der Waals surface area contributed by atoms with Gasteiger partial charge < -0.3 is 4.98 Å². The van der Waals surface area contributed by atoms with E-state index in [9.17, 15) is 0 Å². The van der Waals surface area contributed by atoms with Crippen molar-refractivity contribution in [2.24, 2.45) is 0 Å². The summed E-state index contributed by atoms with van der Waals surface area (Å²) in [6.07, 6.45) is 0. The number of halogens is 1. The molecule has 0 bridgehead atoms. The summed E-state index contributed by atoms with van der Waals surface area (Å²) >= 11 is 3.58. The van der Waals surface area contributed by atoms with E-state index in [0.29, 0.717) is 0 Å². The first-order chi connectivity index (χ1) is 8.24. The zero-order valence-electron chi connectivity index (χ0n) is 9.50. The maximum absolute atomic E-state index is 3.58. The van der Waals surface area contributed by atoms with Crippen LogP contribution in [0.25, 0.3) is 22.2 Å². The molecule has 1 nitrogen and oxygen atoms in total. The quantitative estimate of drug-likeness (QED) is 0.654. The van der Waals surface area contributed by atoms with Gasteiger partial charge in [-0.05, 0) is 30.7 Å². The highest BCUT2D eigenvalue weighted by Crippen LogP contribution is 2.30. The molecule has 0 aliphatic carbocycles. The van der Waals surface area contributed by atoms with Crippen LogP contribution in [0.4, 0.5) is 0 Å². The number of aromatic nitrogens is 1. The van der Waals surface area contributed by atoms with E-state index in [1.165, 1.54) is 22.0 Å². The third kappa shape index (κ3) is 1.89. The highest BCUT2D eigenvalue weighted by atomic mass is 79.9. The van der Waals surface area contributed by atoms with E-state index in [0.717, 1.165) is 10.2 Å². The maximum Gasteiger partial charge on any atom is 0.0476 e. The molecule has 0 radical (unpaired) electrons. The molecule has 1 aromatic heterocycles. The molecule has 0 amide bonds. The second-order valence-electron chi connectivity index (χ2n) is 4.25. The van der Waals surface area contributed by atoms with Gasteiger partial charge in [0, 0.05) is 26.6 Å². The van der Waals surface area contributed by atoms with Gasteiger partial charge in [0.15, 0.2) is 0 Å². The Morgan fingerprint density at radius 1 is 1.00 bits per heavy atom. The Morgan fingerprint density at radius 2 is 1.82 bits per heavy atom. The van der Waals surface area contributed by atoms with Gasteiger partial charge >= 0.3 is 0 Å². The number of hydrogen-bond donors (Lipinski definition) is 1. The zero-order valence-corrected chi connectivity index (χ0v) is 11.1. The summed E-state index contributed by atoms with van der Waals surface area (Å²) in [4.78, 5) is 3.46. The summed E-state index contributed by atoms with van der Waals surface area (Å²) in [6, 6.07) is 16.9. The number of benzene rings is 2. The molecule has 0 saturated carbocycles. The molecule has 0 atom stereocenters. The molecule has 0 fully saturated rings. The van der Waals surface area contributed by atoms with Crippen LogP contribution >= 0.6 is 15.9 Å². The number of nitrogens with one attached hydrogen (secondary N) is 1. The summed E-state index contributed by atoms with van der Waals surface area (Å²) < 4.78 is 1.11. The van der Waals surface area contributed by atoms with E-state index in [1.807, 2.05) is 6.07 Å². The summed E-state index contributed by atoms with van der Waals surface area (Å²) in [5.41, 5.74) is 4.81. The number of aromatic amines is 1. The molecule has 2 aromatic carbocycles. The van der Waals surface area contributed by atoms with Crippen molar-refractivity contribution >= 4 is 26.8 Å². The first-order valence-electron chi connectivity index (χ1n) is 5.58. The Bertz CT molecular complexity index is 682. The lowest BCUT2D eigenvalue weighted by Gasteiger charge is -2.00. The summed E-state index contributed by atoms with van der Waals surface area (Å²) in [6.45, 7) is 2.11. The van der Waals surface area contributed by atoms with E-state index in [1.54, 1.807) is 0 Å². The molecule has 0 unspecified atom stereocenters. The van der Waals surface area contributed by atoms with Gasteiger partial charge in [-0.2, -0.15) is 0 Å². The van der Waals surface area contributed by atoms with Crippen LogP contribution in [0.5, 0.6) is 0 Å². The lowest BCUT2D eigenvalue weighted by atomic mass is 10.1. The SMILES string of the molecule is Cc1ccc2cc(-c3ccccc3Br)[nH]c2c1. The number of rotatable bonds is 1. The fourth-order valence-corrected chi connectivity index (χ4v) is 2.56. The van der Waals surface area contributed by atoms with Crippen LogP contribution in [0.3, 0.4) is 0 Å². The number of aryl methyl sites for hydroxylation is 1. The Balaban J connectivity index is 2.22. The molecular weight excluding hydrogens is 274 g/mol. The molecule has 0 spiro atoms. The molecule has 3 aromatic rings. The maximum atomic E-state index is 3.58. The van der Waals surface area contributed by atoms with E-state index in [2.05, 4.69) is 70.3 Å². The van der Waals surface area contributed by atoms with E-state index >= 15 is 0 Å². The van der Waals surface area contributed by atoms with E-state index in [4.69, 9.17) is 0 Å². The molecule has 1 heterocycles. The zero-order chi connectivity index (χ0) is 11.8. The van der Waals surface area contributed by atoms with Crippen molar-refractivity contribution in [3.05, 3.63) is 58.6 Å². The Hall–Kier alpha value is -1.54. The number of H-pyrrole nitrogens is 1. The second kappa shape index (κ2) is 4.04. The smallest absolute Gasteiger partial charge is 0.0476 e. The Kier molecular flexibility index (Phi) is 2.52. The molecule has 84 valence electrons. The van der Waals surface area contributed by atoms with Crippen LogP contribution in [0, 0.1) is 6.92 Å². The van der Waals surface area contributed by atoms with Crippen LogP contribution < -0.4 is 0 Å². The van der Waals surface area contributed by atoms with Crippen molar-refractivity contribution in [1.29, 1.82) is 0 Å². The van der Waals surface area contributed by atoms with Gasteiger partial charge in [-0.25, -0.2) is 0 Å². The highest BCUT2D eigenvalue weighted by Gasteiger charge is 2.05. The van der Waals surface area contributed by atoms with Crippen molar-refractivity contribution in [1.82, 2.24) is 4.98 Å². The summed E-state index contributed by atoms with van der Waals surface area (Å²) in [5, 5.41) is 1.25. The first kappa shape index (κ1) is 10.6. The number of fused-ring (bicyclic) bond motifs is 1. The van der Waals surface area contributed by atoms with Gasteiger partial charge in [0.1, 0.15) is 0 Å². The standard InChI is InChI=1S/C15H12BrN/c1-10-6-7-11-9-15(17-14(11)8-10)12-4-2-3-5-13(12)16/h2-9,17H,1H3. The minimum atomic E-state index is 1.11. The van der Waals surface area contributed by atoms with Crippen molar-refractivity contribution in [3.63, 3.8) is 0 Å². The normalized spacial score (nSPS) is 10.9. The minimum absolute atomic E-state index is 1.11. The Labute approximate surface area is 109 Å². The average Bonchev–Trinajstić information content (AvgIpc) is 2.72. The third-order valence-corrected chi connectivity index (χ3v) is 3.63. The monoisotopic (exact) mass is 285 g/mol. The topological polar surface area (TPSA) is 15.8 Å². The third-order valence-electron chi connectivity index (χ3n) is 2.94. The molecule has 1 N–H and O–H groups in total. The van der Waals surface area contributed by atoms with Gasteiger partial charge in [0.25, 0.3) is 0 Å². The predicted molar refractivity (Wildman–Crippen MR) is 76.2 cm³/mol. The Morgan fingerprint density at radius 3 is 2.65 bits per heavy atom. The second-order valence-corrected chi connectivity index (χ2v) is 5.11. The van der Waals surface area contributed by atoms with Crippen LogP contribution in [-0.4, -0.2) is 4.98 Å². The van der Waals surface area contributed by atoms with Crippen molar-refractivity contribution in [2.45, 2.75) is 6.92 Å². The average molecular weight is 286 g/mol. The van der Waals surface area contributed by atoms with Crippen molar-refractivity contribution < 1.29 is 0 Å². The minimum Gasteiger partial charge on any atom is -0.354 e. The van der Waals surface area contributed by atoms with Gasteiger partial charge in [-0.1, -0.05) is 46.3 Å². The largest absolute Gasteiger partial charge is 0.354 e. The fourth-order valence-electron chi connectivity index (χ4n) is 2.07. The molecule has 3 rings (SSSR count). The lowest BCUT2D eigenvalue weighted by molar-refractivity contribution is 1.42. The fraction of sp³-hybridized carbons (Fsp3) is 0.0667. The predicted octanol–water partition coefficient (Wildman–Crippen LogP) is 4.91. The number of hydrogen-bond acceptors (Lipinski definition) is 0. The van der Waals surface area contributed by atoms with Gasteiger partial charge in [-0.15, -0.1) is 0 Å². The molecule has 0 aliphatic heterocycles. The van der Waals surface area contributed by atoms with Crippen LogP contribution in [0.15, 0.2) is 53.0 Å². The van der Waals surface area contributed by atoms with Gasteiger partial charge in [-0.3, -0.25) is 0 Å². The molecule has 17 heavy (non-hydrogen) atoms. The van der Waals surface area contributed by atoms with Crippen LogP contribution in [-0.2, 0) is 0 Å². The first-order valence-corrected chi connectivity index (χ1v) is 6.37. The van der Waals surface area contributed by atoms with Crippen molar-refractivity contribution in [2.75, 3.05) is 0 Å². The molecular formula is C15H12BrN. The van der Waals surface area contributed by atoms with E-state index < -0.39 is 0 Å². The molecule has 0 saturated heterocycles. The summed E-state index contributed by atoms with van der Waals surface area (Å²) in [7, 11) is 0. The molecule has 0 aliphatic rings. The van der Waals surface area contributed by atoms with E-state index in [-0.39, 0.29) is 0 Å². The lowest BCUT2D eigenvalue weighted by Crippen LogP contribution is -1.78. The van der Waals surface area contributed by atoms with Crippen LogP contribution in [0.2, 0.25) is 0 Å². The van der Waals surface area contributed by atoms with Crippen molar-refractivity contribution in [3.8, 4) is 11.3 Å². The highest BCUT2D eigenvalue weighted by molar-refractivity contribution is 9.10. The molecule has 2 heteroatoms.